The van der Waals surface area contributed by atoms with Gasteiger partial charge >= 0.3 is 5.69 Å². The van der Waals surface area contributed by atoms with Crippen LogP contribution in [0.4, 0.5) is 4.39 Å². The van der Waals surface area contributed by atoms with Gasteiger partial charge in [-0.15, -0.1) is 0 Å². The minimum Gasteiger partial charge on any atom is -0.368 e. The van der Waals surface area contributed by atoms with Crippen LogP contribution < -0.4 is 5.69 Å². The first kappa shape index (κ1) is 15.4. The highest BCUT2D eigenvalue weighted by Crippen LogP contribution is 2.15. The molecule has 0 aliphatic carbocycles. The third kappa shape index (κ3) is 3.78. The minimum atomic E-state index is -0.305. The second kappa shape index (κ2) is 6.67. The molecule has 5 nitrogen and oxygen atoms in total. The normalized spacial score (nSPS) is 12.8. The van der Waals surface area contributed by atoms with Gasteiger partial charge in [-0.2, -0.15) is 5.10 Å². The number of nitrogens with zero attached hydrogens (tertiary/aromatic N) is 2. The number of hydrogen-bond acceptors (Lipinski definition) is 3. The van der Waals surface area contributed by atoms with E-state index in [-0.39, 0.29) is 23.7 Å². The highest BCUT2D eigenvalue weighted by Gasteiger charge is 2.17. The molecule has 0 saturated carbocycles. The maximum Gasteiger partial charge on any atom is 0.343 e. The van der Waals surface area contributed by atoms with Gasteiger partial charge in [-0.25, -0.2) is 14.3 Å². The fraction of sp³-hybridized carbons (Fsp3) is 0.467. The molecule has 0 saturated heterocycles. The molecule has 0 aliphatic heterocycles. The number of ether oxygens (including phenoxy) is 1. The Morgan fingerprint density at radius 2 is 2.05 bits per heavy atom. The highest BCUT2D eigenvalue weighted by atomic mass is 19.1. The maximum absolute atomic E-state index is 13.6. The summed E-state index contributed by atoms with van der Waals surface area (Å²) in [6.07, 6.45) is 0.157. The zero-order valence-electron chi connectivity index (χ0n) is 12.5. The first-order valence-corrected chi connectivity index (χ1v) is 7.03. The Kier molecular flexibility index (Phi) is 4.90. The third-order valence-electron chi connectivity index (χ3n) is 3.19. The molecule has 1 atom stereocenters. The number of halogens is 1. The molecule has 21 heavy (non-hydrogen) atoms. The Morgan fingerprint density at radius 3 is 2.71 bits per heavy atom. The van der Waals surface area contributed by atoms with E-state index in [0.717, 1.165) is 0 Å². The monoisotopic (exact) mass is 293 g/mol. The molecule has 1 heterocycles. The molecule has 6 heteroatoms. The van der Waals surface area contributed by atoms with Crippen LogP contribution in [0.5, 0.6) is 0 Å². The van der Waals surface area contributed by atoms with Crippen molar-refractivity contribution >= 4 is 0 Å². The zero-order valence-corrected chi connectivity index (χ0v) is 12.5. The average molecular weight is 293 g/mol. The van der Waals surface area contributed by atoms with E-state index in [9.17, 15) is 9.18 Å². The summed E-state index contributed by atoms with van der Waals surface area (Å²) < 4.78 is 20.8. The lowest BCUT2D eigenvalue weighted by Gasteiger charge is -2.16. The van der Waals surface area contributed by atoms with Crippen LogP contribution >= 0.6 is 0 Å². The molecule has 2 rings (SSSR count). The topological polar surface area (TPSA) is 59.9 Å². The number of nitrogens with one attached hydrogen (secondary N) is 1. The number of aromatic amines is 1. The molecule has 0 fully saturated rings. The van der Waals surface area contributed by atoms with Crippen LogP contribution in [0.25, 0.3) is 0 Å². The van der Waals surface area contributed by atoms with Crippen LogP contribution in [0.2, 0.25) is 0 Å². The Balaban J connectivity index is 2.15. The van der Waals surface area contributed by atoms with Crippen LogP contribution in [0.15, 0.2) is 29.1 Å². The van der Waals surface area contributed by atoms with E-state index in [0.29, 0.717) is 24.4 Å². The quantitative estimate of drug-likeness (QED) is 0.890. The van der Waals surface area contributed by atoms with Gasteiger partial charge in [0.1, 0.15) is 11.9 Å². The lowest BCUT2D eigenvalue weighted by Crippen LogP contribution is -2.22. The van der Waals surface area contributed by atoms with Crippen LogP contribution in [-0.4, -0.2) is 20.9 Å². The van der Waals surface area contributed by atoms with Gasteiger partial charge in [0.25, 0.3) is 0 Å². The summed E-state index contributed by atoms with van der Waals surface area (Å²) in [6.45, 7) is 6.04. The molecule has 0 unspecified atom stereocenters. The number of aryl methyl sites for hydroxylation is 1. The Bertz CT molecular complexity index is 648. The minimum absolute atomic E-state index is 0.0341. The largest absolute Gasteiger partial charge is 0.368 e. The van der Waals surface area contributed by atoms with E-state index in [1.165, 1.54) is 10.6 Å². The predicted molar refractivity (Wildman–Crippen MR) is 77.6 cm³/mol. The first-order chi connectivity index (χ1) is 9.99. The van der Waals surface area contributed by atoms with Crippen molar-refractivity contribution in [1.29, 1.82) is 0 Å². The van der Waals surface area contributed by atoms with Crippen molar-refractivity contribution in [2.24, 2.45) is 0 Å². The van der Waals surface area contributed by atoms with Crippen LogP contribution in [0.3, 0.4) is 0 Å². The molecule has 0 spiro atoms. The highest BCUT2D eigenvalue weighted by molar-refractivity contribution is 5.17. The van der Waals surface area contributed by atoms with Crippen molar-refractivity contribution in [3.63, 3.8) is 0 Å². The number of hydrogen-bond donors (Lipinski definition) is 1. The molecular weight excluding hydrogens is 273 g/mol. The maximum atomic E-state index is 13.6. The lowest BCUT2D eigenvalue weighted by atomic mass is 10.1. The van der Waals surface area contributed by atoms with Crippen molar-refractivity contribution in [3.8, 4) is 0 Å². The number of benzene rings is 1. The summed E-state index contributed by atoms with van der Waals surface area (Å²) in [5.74, 6) is 0.270. The SMILES string of the molecule is CC(C)O[C@H](C)c1n[nH]c(=O)n1CCc1ccccc1F. The van der Waals surface area contributed by atoms with Gasteiger partial charge in [0.2, 0.25) is 0 Å². The van der Waals surface area contributed by atoms with E-state index in [1.807, 2.05) is 20.8 Å². The molecule has 1 aromatic heterocycles. The molecule has 0 bridgehead atoms. The van der Waals surface area contributed by atoms with Gasteiger partial charge in [0, 0.05) is 6.54 Å². The summed E-state index contributed by atoms with van der Waals surface area (Å²) in [4.78, 5) is 11.8. The summed E-state index contributed by atoms with van der Waals surface area (Å²) in [5.41, 5.74) is 0.273. The molecule has 1 aromatic carbocycles. The number of rotatable bonds is 6. The van der Waals surface area contributed by atoms with E-state index < -0.39 is 0 Å². The molecule has 0 aliphatic rings. The van der Waals surface area contributed by atoms with Crippen molar-refractivity contribution in [2.75, 3.05) is 0 Å². The molecule has 2 aromatic rings. The second-order valence-electron chi connectivity index (χ2n) is 5.21. The summed E-state index contributed by atoms with van der Waals surface area (Å²) in [7, 11) is 0. The molecule has 0 amide bonds. The second-order valence-corrected chi connectivity index (χ2v) is 5.21. The van der Waals surface area contributed by atoms with Crippen molar-refractivity contribution in [2.45, 2.75) is 45.9 Å². The smallest absolute Gasteiger partial charge is 0.343 e. The van der Waals surface area contributed by atoms with Gasteiger partial charge < -0.3 is 4.74 Å². The van der Waals surface area contributed by atoms with Crippen molar-refractivity contribution in [3.05, 3.63) is 52.0 Å². The van der Waals surface area contributed by atoms with Gasteiger partial charge in [-0.1, -0.05) is 18.2 Å². The molecule has 114 valence electrons. The van der Waals surface area contributed by atoms with Crippen LogP contribution in [-0.2, 0) is 17.7 Å². The molecule has 1 N–H and O–H groups in total. The molecular formula is C15H20FN3O2. The van der Waals surface area contributed by atoms with Gasteiger partial charge in [-0.3, -0.25) is 4.57 Å². The van der Waals surface area contributed by atoms with E-state index in [4.69, 9.17) is 4.74 Å². The fourth-order valence-electron chi connectivity index (χ4n) is 2.26. The zero-order chi connectivity index (χ0) is 15.4. The Labute approximate surface area is 122 Å². The average Bonchev–Trinajstić information content (AvgIpc) is 2.78. The standard InChI is InChI=1S/C15H20FN3O2/c1-10(2)21-11(3)14-17-18-15(20)19(14)9-8-12-6-4-5-7-13(12)16/h4-7,10-11H,8-9H2,1-3H3,(H,18,20)/t11-/m1/s1. The number of H-pyrrole nitrogens is 1. The molecule has 0 radical (unpaired) electrons. The predicted octanol–water partition coefficient (Wildman–Crippen LogP) is 2.44. The van der Waals surface area contributed by atoms with Gasteiger partial charge in [0.15, 0.2) is 5.82 Å². The number of aromatic nitrogens is 3. The van der Waals surface area contributed by atoms with Crippen molar-refractivity contribution in [1.82, 2.24) is 14.8 Å². The van der Waals surface area contributed by atoms with E-state index in [1.54, 1.807) is 18.2 Å². The van der Waals surface area contributed by atoms with E-state index in [2.05, 4.69) is 10.2 Å². The Hall–Kier alpha value is -1.95. The summed E-state index contributed by atoms with van der Waals surface area (Å²) in [6, 6.07) is 6.56. The van der Waals surface area contributed by atoms with Crippen LogP contribution in [0, 0.1) is 5.82 Å². The van der Waals surface area contributed by atoms with Gasteiger partial charge in [-0.05, 0) is 38.8 Å². The Morgan fingerprint density at radius 1 is 1.33 bits per heavy atom. The fourth-order valence-corrected chi connectivity index (χ4v) is 2.26. The third-order valence-corrected chi connectivity index (χ3v) is 3.19. The van der Waals surface area contributed by atoms with Gasteiger partial charge in [0.05, 0.1) is 6.10 Å². The lowest BCUT2D eigenvalue weighted by molar-refractivity contribution is 0.0106. The van der Waals surface area contributed by atoms with Crippen molar-refractivity contribution < 1.29 is 9.13 Å². The van der Waals surface area contributed by atoms with Crippen LogP contribution in [0.1, 0.15) is 38.3 Å². The first-order valence-electron chi connectivity index (χ1n) is 7.03. The summed E-state index contributed by atoms with van der Waals surface area (Å²) in [5, 5.41) is 6.44. The summed E-state index contributed by atoms with van der Waals surface area (Å²) >= 11 is 0. The van der Waals surface area contributed by atoms with E-state index >= 15 is 0 Å².